The number of nitrogens with zero attached hydrogens (tertiary/aromatic N) is 3. The van der Waals surface area contributed by atoms with Crippen molar-refractivity contribution in [2.75, 3.05) is 11.9 Å². The number of nitrogens with one attached hydrogen (secondary N) is 1. The smallest absolute Gasteiger partial charge is 0.162 e. The zero-order valence-electron chi connectivity index (χ0n) is 8.77. The molecule has 1 fully saturated rings. The van der Waals surface area contributed by atoms with Crippen LogP contribution in [0.3, 0.4) is 0 Å². The van der Waals surface area contributed by atoms with Gasteiger partial charge >= 0.3 is 0 Å². The van der Waals surface area contributed by atoms with E-state index in [0.717, 1.165) is 5.82 Å². The number of amidine groups is 1. The molecule has 5 heteroatoms. The Kier molecular flexibility index (Phi) is 2.53. The number of anilines is 1. The van der Waals surface area contributed by atoms with E-state index in [1.54, 1.807) is 12.3 Å². The molecule has 0 radical (unpaired) electrons. The van der Waals surface area contributed by atoms with E-state index >= 15 is 0 Å². The third-order valence-corrected chi connectivity index (χ3v) is 2.95. The van der Waals surface area contributed by atoms with Crippen LogP contribution in [-0.2, 0) is 0 Å². The number of aromatic nitrogens is 2. The van der Waals surface area contributed by atoms with Gasteiger partial charge in [-0.2, -0.15) is 5.10 Å². The van der Waals surface area contributed by atoms with Crippen molar-refractivity contribution in [3.05, 3.63) is 17.8 Å². The van der Waals surface area contributed by atoms with E-state index in [4.69, 9.17) is 11.1 Å². The second-order valence-electron chi connectivity index (χ2n) is 3.88. The molecule has 0 aromatic carbocycles. The third-order valence-electron chi connectivity index (χ3n) is 2.95. The molecule has 2 rings (SSSR count). The van der Waals surface area contributed by atoms with Gasteiger partial charge in [0, 0.05) is 13.1 Å². The molecule has 0 aliphatic heterocycles. The summed E-state index contributed by atoms with van der Waals surface area (Å²) in [6, 6.07) is 2.26. The van der Waals surface area contributed by atoms with Gasteiger partial charge in [-0.15, -0.1) is 5.10 Å². The summed E-state index contributed by atoms with van der Waals surface area (Å²) in [7, 11) is 1.99. The maximum Gasteiger partial charge on any atom is 0.162 e. The molecule has 1 saturated carbocycles. The highest BCUT2D eigenvalue weighted by atomic mass is 15.3. The van der Waals surface area contributed by atoms with E-state index in [0.29, 0.717) is 11.6 Å². The Morgan fingerprint density at radius 2 is 2.33 bits per heavy atom. The molecule has 1 aromatic rings. The Bertz CT molecular complexity index is 372. The second-order valence-corrected chi connectivity index (χ2v) is 3.88. The Morgan fingerprint density at radius 1 is 1.60 bits per heavy atom. The van der Waals surface area contributed by atoms with Crippen LogP contribution < -0.4 is 10.6 Å². The van der Waals surface area contributed by atoms with Crippen molar-refractivity contribution in [2.24, 2.45) is 5.73 Å². The van der Waals surface area contributed by atoms with Crippen molar-refractivity contribution >= 4 is 11.7 Å². The minimum absolute atomic E-state index is 0.0473. The van der Waals surface area contributed by atoms with Crippen molar-refractivity contribution in [3.63, 3.8) is 0 Å². The molecular formula is C10H15N5. The molecule has 15 heavy (non-hydrogen) atoms. The largest absolute Gasteiger partial charge is 0.384 e. The molecule has 1 heterocycles. The fraction of sp³-hybridized carbons (Fsp3) is 0.500. The van der Waals surface area contributed by atoms with Gasteiger partial charge in [0.25, 0.3) is 0 Å². The van der Waals surface area contributed by atoms with Crippen LogP contribution in [0, 0.1) is 5.41 Å². The monoisotopic (exact) mass is 205 g/mol. The van der Waals surface area contributed by atoms with Crippen LogP contribution in [0.5, 0.6) is 0 Å². The molecule has 0 saturated heterocycles. The topological polar surface area (TPSA) is 78.9 Å². The van der Waals surface area contributed by atoms with Gasteiger partial charge in [0.2, 0.25) is 0 Å². The average molecular weight is 205 g/mol. The lowest BCUT2D eigenvalue weighted by molar-refractivity contribution is 0.398. The summed E-state index contributed by atoms with van der Waals surface area (Å²) >= 11 is 0. The highest BCUT2D eigenvalue weighted by Crippen LogP contribution is 2.28. The Morgan fingerprint density at radius 3 is 2.87 bits per heavy atom. The van der Waals surface area contributed by atoms with E-state index < -0.39 is 0 Å². The average Bonchev–Trinajstić information content (AvgIpc) is 2.15. The molecule has 1 aliphatic rings. The molecule has 0 atom stereocenters. The minimum atomic E-state index is 0.0473. The SMILES string of the molecule is CN(c1nnccc1C(=N)N)C1CCC1. The van der Waals surface area contributed by atoms with Gasteiger partial charge in [-0.25, -0.2) is 0 Å². The predicted molar refractivity (Wildman–Crippen MR) is 59.1 cm³/mol. The normalized spacial score (nSPS) is 15.8. The Hall–Kier alpha value is -1.65. The predicted octanol–water partition coefficient (Wildman–Crippen LogP) is 0.749. The van der Waals surface area contributed by atoms with Gasteiger partial charge in [0.1, 0.15) is 5.84 Å². The molecule has 80 valence electrons. The van der Waals surface area contributed by atoms with Gasteiger partial charge in [-0.1, -0.05) is 0 Å². The van der Waals surface area contributed by atoms with Crippen molar-refractivity contribution < 1.29 is 0 Å². The summed E-state index contributed by atoms with van der Waals surface area (Å²) < 4.78 is 0. The summed E-state index contributed by atoms with van der Waals surface area (Å²) in [5.41, 5.74) is 6.17. The molecule has 1 aliphatic carbocycles. The summed E-state index contributed by atoms with van der Waals surface area (Å²) in [6.45, 7) is 0. The molecule has 0 unspecified atom stereocenters. The summed E-state index contributed by atoms with van der Waals surface area (Å²) in [6.07, 6.45) is 5.20. The van der Waals surface area contributed by atoms with Crippen molar-refractivity contribution in [2.45, 2.75) is 25.3 Å². The fourth-order valence-electron chi connectivity index (χ4n) is 1.74. The molecule has 0 spiro atoms. The van der Waals surface area contributed by atoms with Crippen LogP contribution in [0.4, 0.5) is 5.82 Å². The van der Waals surface area contributed by atoms with E-state index in [2.05, 4.69) is 15.1 Å². The number of rotatable bonds is 3. The van der Waals surface area contributed by atoms with Gasteiger partial charge in [-0.3, -0.25) is 5.41 Å². The molecule has 5 nitrogen and oxygen atoms in total. The lowest BCUT2D eigenvalue weighted by Crippen LogP contribution is -2.39. The highest BCUT2D eigenvalue weighted by Gasteiger charge is 2.25. The van der Waals surface area contributed by atoms with Crippen LogP contribution in [0.15, 0.2) is 12.3 Å². The van der Waals surface area contributed by atoms with Crippen LogP contribution in [0.2, 0.25) is 0 Å². The number of hydrogen-bond acceptors (Lipinski definition) is 4. The van der Waals surface area contributed by atoms with Crippen LogP contribution in [-0.4, -0.2) is 29.1 Å². The van der Waals surface area contributed by atoms with Crippen LogP contribution in [0.25, 0.3) is 0 Å². The maximum absolute atomic E-state index is 7.47. The van der Waals surface area contributed by atoms with Crippen molar-refractivity contribution in [1.82, 2.24) is 10.2 Å². The number of hydrogen-bond donors (Lipinski definition) is 2. The number of nitrogens with two attached hydrogens (primary N) is 1. The zero-order chi connectivity index (χ0) is 10.8. The molecule has 0 bridgehead atoms. The molecule has 0 amide bonds. The van der Waals surface area contributed by atoms with Crippen LogP contribution in [0.1, 0.15) is 24.8 Å². The van der Waals surface area contributed by atoms with E-state index in [-0.39, 0.29) is 5.84 Å². The summed E-state index contributed by atoms with van der Waals surface area (Å²) in [5, 5.41) is 15.4. The first kappa shape index (κ1) is 9.89. The maximum atomic E-state index is 7.47. The Balaban J connectivity index is 2.29. The fourth-order valence-corrected chi connectivity index (χ4v) is 1.74. The lowest BCUT2D eigenvalue weighted by Gasteiger charge is -2.35. The van der Waals surface area contributed by atoms with Crippen molar-refractivity contribution in [3.8, 4) is 0 Å². The first-order valence-corrected chi connectivity index (χ1v) is 5.09. The molecule has 3 N–H and O–H groups in total. The minimum Gasteiger partial charge on any atom is -0.384 e. The van der Waals surface area contributed by atoms with E-state index in [9.17, 15) is 0 Å². The van der Waals surface area contributed by atoms with E-state index in [1.165, 1.54) is 19.3 Å². The first-order chi connectivity index (χ1) is 7.20. The second kappa shape index (κ2) is 3.84. The van der Waals surface area contributed by atoms with Gasteiger partial charge in [0.05, 0.1) is 11.8 Å². The van der Waals surface area contributed by atoms with Crippen LogP contribution >= 0.6 is 0 Å². The Labute approximate surface area is 88.8 Å². The summed E-state index contributed by atoms with van der Waals surface area (Å²) in [4.78, 5) is 2.08. The summed E-state index contributed by atoms with van der Waals surface area (Å²) in [5.74, 6) is 0.765. The zero-order valence-corrected chi connectivity index (χ0v) is 8.77. The van der Waals surface area contributed by atoms with Gasteiger partial charge in [0.15, 0.2) is 5.82 Å². The quantitative estimate of drug-likeness (QED) is 0.563. The third kappa shape index (κ3) is 1.77. The lowest BCUT2D eigenvalue weighted by atomic mass is 9.91. The van der Waals surface area contributed by atoms with E-state index in [1.807, 2.05) is 7.05 Å². The molecule has 1 aromatic heterocycles. The van der Waals surface area contributed by atoms with Crippen molar-refractivity contribution in [1.29, 1.82) is 5.41 Å². The standard InChI is InChI=1S/C10H15N5/c1-15(7-3-2-4-7)10-8(9(11)12)5-6-13-14-10/h5-7H,2-4H2,1H3,(H3,11,12). The highest BCUT2D eigenvalue weighted by molar-refractivity contribution is 5.99. The van der Waals surface area contributed by atoms with Gasteiger partial charge < -0.3 is 10.6 Å². The molecular weight excluding hydrogens is 190 g/mol. The first-order valence-electron chi connectivity index (χ1n) is 5.09. The van der Waals surface area contributed by atoms with Gasteiger partial charge in [-0.05, 0) is 25.3 Å². The number of nitrogen functional groups attached to an aromatic ring is 1.